The fourth-order valence-corrected chi connectivity index (χ4v) is 2.98. The molecule has 1 rings (SSSR count). The van der Waals surface area contributed by atoms with Crippen molar-refractivity contribution < 1.29 is 4.74 Å². The maximum absolute atomic E-state index is 5.79. The summed E-state index contributed by atoms with van der Waals surface area (Å²) in [6.07, 6.45) is 5.38. The Morgan fingerprint density at radius 1 is 1.13 bits per heavy atom. The second kappa shape index (κ2) is 12.6. The molecule has 1 heterocycles. The van der Waals surface area contributed by atoms with E-state index in [0.717, 1.165) is 45.2 Å². The largest absolute Gasteiger partial charge is 0.378 e. The number of piperidine rings is 1. The lowest BCUT2D eigenvalue weighted by Crippen LogP contribution is -2.42. The first-order chi connectivity index (χ1) is 11.2. The standard InChI is InChI=1S/C18H38N4O/c1-5-19-18(20-11-10-17(16(3)4)23-6-2)21-12-15-22-13-8-7-9-14-22/h16-17H,5-15H2,1-4H3,(H2,19,20,21). The van der Waals surface area contributed by atoms with Gasteiger partial charge in [0.05, 0.1) is 6.10 Å². The van der Waals surface area contributed by atoms with Crippen LogP contribution in [0.5, 0.6) is 0 Å². The van der Waals surface area contributed by atoms with Gasteiger partial charge < -0.3 is 20.3 Å². The van der Waals surface area contributed by atoms with Crippen molar-refractivity contribution in [1.82, 2.24) is 15.5 Å². The summed E-state index contributed by atoms with van der Waals surface area (Å²) in [5, 5.41) is 6.79. The molecular formula is C18H38N4O. The summed E-state index contributed by atoms with van der Waals surface area (Å²) in [5.41, 5.74) is 0. The molecule has 1 unspecified atom stereocenters. The Morgan fingerprint density at radius 3 is 2.48 bits per heavy atom. The highest BCUT2D eigenvalue weighted by atomic mass is 16.5. The molecule has 2 N–H and O–H groups in total. The van der Waals surface area contributed by atoms with Crippen molar-refractivity contribution in [2.45, 2.75) is 59.5 Å². The van der Waals surface area contributed by atoms with Crippen LogP contribution in [-0.2, 0) is 4.74 Å². The molecule has 1 aliphatic rings. The van der Waals surface area contributed by atoms with Crippen LogP contribution in [0.2, 0.25) is 0 Å². The van der Waals surface area contributed by atoms with Gasteiger partial charge in [0, 0.05) is 32.8 Å². The molecule has 0 amide bonds. The van der Waals surface area contributed by atoms with Crippen LogP contribution in [0.15, 0.2) is 4.99 Å². The van der Waals surface area contributed by atoms with E-state index < -0.39 is 0 Å². The van der Waals surface area contributed by atoms with Crippen LogP contribution in [0.25, 0.3) is 0 Å². The SMILES string of the molecule is CCNC(=NCCC(OCC)C(C)C)NCCN1CCCCC1. The van der Waals surface area contributed by atoms with Gasteiger partial charge >= 0.3 is 0 Å². The van der Waals surface area contributed by atoms with Crippen molar-refractivity contribution in [1.29, 1.82) is 0 Å². The van der Waals surface area contributed by atoms with Gasteiger partial charge in [0.15, 0.2) is 5.96 Å². The minimum Gasteiger partial charge on any atom is -0.378 e. The minimum absolute atomic E-state index is 0.306. The molecule has 0 aliphatic carbocycles. The van der Waals surface area contributed by atoms with Gasteiger partial charge in [0.2, 0.25) is 0 Å². The van der Waals surface area contributed by atoms with Crippen molar-refractivity contribution in [2.75, 3.05) is 45.9 Å². The molecular weight excluding hydrogens is 288 g/mol. The third kappa shape index (κ3) is 9.16. The smallest absolute Gasteiger partial charge is 0.191 e. The predicted molar refractivity (Wildman–Crippen MR) is 99.1 cm³/mol. The van der Waals surface area contributed by atoms with Gasteiger partial charge in [-0.15, -0.1) is 0 Å². The molecule has 0 aromatic carbocycles. The summed E-state index contributed by atoms with van der Waals surface area (Å²) in [6.45, 7) is 15.7. The molecule has 136 valence electrons. The van der Waals surface area contributed by atoms with E-state index in [1.807, 2.05) is 0 Å². The molecule has 1 fully saturated rings. The second-order valence-electron chi connectivity index (χ2n) is 6.62. The first kappa shape index (κ1) is 20.2. The van der Waals surface area contributed by atoms with Crippen molar-refractivity contribution in [3.8, 4) is 0 Å². The maximum Gasteiger partial charge on any atom is 0.191 e. The number of aliphatic imine (C=N–C) groups is 1. The van der Waals surface area contributed by atoms with E-state index in [1.165, 1.54) is 32.4 Å². The zero-order chi connectivity index (χ0) is 16.9. The van der Waals surface area contributed by atoms with Crippen LogP contribution in [0.4, 0.5) is 0 Å². The van der Waals surface area contributed by atoms with E-state index in [2.05, 4.69) is 43.2 Å². The summed E-state index contributed by atoms with van der Waals surface area (Å²) in [4.78, 5) is 7.24. The molecule has 1 saturated heterocycles. The van der Waals surface area contributed by atoms with Gasteiger partial charge in [-0.05, 0) is 52.1 Å². The van der Waals surface area contributed by atoms with E-state index >= 15 is 0 Å². The molecule has 0 aromatic heterocycles. The molecule has 1 atom stereocenters. The highest BCUT2D eigenvalue weighted by Crippen LogP contribution is 2.10. The van der Waals surface area contributed by atoms with Crippen molar-refractivity contribution in [3.05, 3.63) is 0 Å². The van der Waals surface area contributed by atoms with Gasteiger partial charge in [-0.25, -0.2) is 0 Å². The van der Waals surface area contributed by atoms with Crippen molar-refractivity contribution >= 4 is 5.96 Å². The maximum atomic E-state index is 5.79. The number of guanidine groups is 1. The molecule has 0 bridgehead atoms. The van der Waals surface area contributed by atoms with Gasteiger partial charge in [-0.1, -0.05) is 20.3 Å². The van der Waals surface area contributed by atoms with E-state index in [9.17, 15) is 0 Å². The number of hydrogen-bond acceptors (Lipinski definition) is 3. The zero-order valence-electron chi connectivity index (χ0n) is 15.7. The van der Waals surface area contributed by atoms with Gasteiger partial charge in [0.25, 0.3) is 0 Å². The average Bonchev–Trinajstić information content (AvgIpc) is 2.55. The fourth-order valence-electron chi connectivity index (χ4n) is 2.98. The van der Waals surface area contributed by atoms with Crippen LogP contribution in [-0.4, -0.2) is 62.8 Å². The minimum atomic E-state index is 0.306. The summed E-state index contributed by atoms with van der Waals surface area (Å²) in [6, 6.07) is 0. The highest BCUT2D eigenvalue weighted by Gasteiger charge is 2.13. The third-order valence-corrected chi connectivity index (χ3v) is 4.32. The fraction of sp³-hybridized carbons (Fsp3) is 0.944. The van der Waals surface area contributed by atoms with E-state index in [-0.39, 0.29) is 0 Å². The molecule has 5 heteroatoms. The van der Waals surface area contributed by atoms with E-state index in [4.69, 9.17) is 9.73 Å². The predicted octanol–water partition coefficient (Wildman–Crippen LogP) is 2.48. The summed E-state index contributed by atoms with van der Waals surface area (Å²) in [7, 11) is 0. The van der Waals surface area contributed by atoms with Crippen molar-refractivity contribution in [3.63, 3.8) is 0 Å². The highest BCUT2D eigenvalue weighted by molar-refractivity contribution is 5.79. The lowest BCUT2D eigenvalue weighted by Gasteiger charge is -2.26. The molecule has 0 aromatic rings. The zero-order valence-corrected chi connectivity index (χ0v) is 15.7. The van der Waals surface area contributed by atoms with Crippen LogP contribution in [0, 0.1) is 5.92 Å². The number of rotatable bonds is 10. The van der Waals surface area contributed by atoms with Gasteiger partial charge in [-0.3, -0.25) is 4.99 Å². The molecule has 1 aliphatic heterocycles. The number of nitrogens with one attached hydrogen (secondary N) is 2. The van der Waals surface area contributed by atoms with Crippen LogP contribution in [0.1, 0.15) is 53.4 Å². The topological polar surface area (TPSA) is 48.9 Å². The van der Waals surface area contributed by atoms with Crippen molar-refractivity contribution in [2.24, 2.45) is 10.9 Å². The quantitative estimate of drug-likeness (QED) is 0.478. The molecule has 0 saturated carbocycles. The number of hydrogen-bond donors (Lipinski definition) is 2. The Kier molecular flexibility index (Phi) is 11.1. The van der Waals surface area contributed by atoms with E-state index in [1.54, 1.807) is 0 Å². The summed E-state index contributed by atoms with van der Waals surface area (Å²) < 4.78 is 5.79. The Balaban J connectivity index is 2.30. The lowest BCUT2D eigenvalue weighted by atomic mass is 10.0. The molecule has 5 nitrogen and oxygen atoms in total. The normalized spacial score (nSPS) is 18.2. The molecule has 0 radical (unpaired) electrons. The Labute approximate surface area is 143 Å². The average molecular weight is 327 g/mol. The molecule has 23 heavy (non-hydrogen) atoms. The van der Waals surface area contributed by atoms with Crippen LogP contribution in [0.3, 0.4) is 0 Å². The van der Waals surface area contributed by atoms with Crippen LogP contribution < -0.4 is 10.6 Å². The lowest BCUT2D eigenvalue weighted by molar-refractivity contribution is 0.0266. The van der Waals surface area contributed by atoms with Crippen LogP contribution >= 0.6 is 0 Å². The monoisotopic (exact) mass is 326 g/mol. The molecule has 0 spiro atoms. The van der Waals surface area contributed by atoms with Gasteiger partial charge in [0.1, 0.15) is 0 Å². The summed E-state index contributed by atoms with van der Waals surface area (Å²) >= 11 is 0. The number of nitrogens with zero attached hydrogens (tertiary/aromatic N) is 2. The number of ether oxygens (including phenoxy) is 1. The van der Waals surface area contributed by atoms with E-state index in [0.29, 0.717) is 12.0 Å². The Morgan fingerprint density at radius 2 is 1.87 bits per heavy atom. The second-order valence-corrected chi connectivity index (χ2v) is 6.62. The van der Waals surface area contributed by atoms with Gasteiger partial charge in [-0.2, -0.15) is 0 Å². The first-order valence-corrected chi connectivity index (χ1v) is 9.53. The summed E-state index contributed by atoms with van der Waals surface area (Å²) in [5.74, 6) is 1.48. The first-order valence-electron chi connectivity index (χ1n) is 9.53. The number of likely N-dealkylation sites (tertiary alicyclic amines) is 1. The Bertz CT molecular complexity index is 314. The third-order valence-electron chi connectivity index (χ3n) is 4.32. The Hall–Kier alpha value is -0.810.